The molecule has 0 unspecified atom stereocenters. The fraction of sp³-hybridized carbons (Fsp3) is 0.286. The van der Waals surface area contributed by atoms with E-state index in [9.17, 15) is 14.4 Å². The highest BCUT2D eigenvalue weighted by Gasteiger charge is 2.11. The van der Waals surface area contributed by atoms with E-state index in [1.807, 2.05) is 39.0 Å². The predicted octanol–water partition coefficient (Wildman–Crippen LogP) is 3.05. The Labute approximate surface area is 177 Å². The number of hydrogen-bond donors (Lipinski definition) is 2. The smallest absolute Gasteiger partial charge is 0.344 e. The van der Waals surface area contributed by atoms with Gasteiger partial charge in [-0.05, 0) is 67.8 Å². The number of benzene rings is 2. The van der Waals surface area contributed by atoms with Gasteiger partial charge in [0.05, 0.1) is 6.54 Å². The van der Waals surface area contributed by atoms with Crippen molar-refractivity contribution in [2.75, 3.05) is 25.1 Å². The molecule has 0 aromatic heterocycles. The molecule has 0 atom stereocenters. The van der Waals surface area contributed by atoms with Gasteiger partial charge in [-0.3, -0.25) is 9.59 Å². The average molecular weight is 463 g/mol. The minimum Gasteiger partial charge on any atom is -0.482 e. The van der Waals surface area contributed by atoms with Crippen LogP contribution in [0.5, 0.6) is 5.75 Å². The molecule has 0 aliphatic heterocycles. The molecular weight excluding hydrogens is 440 g/mol. The van der Waals surface area contributed by atoms with Crippen LogP contribution in [-0.2, 0) is 19.1 Å². The SMILES string of the molecule is Cc1ccc(OCC(=O)OCC(=O)NCC(=O)Nc2ccc(Br)cc2C)cc1C. The standard InChI is InChI=1S/C21H23BrN2O5/c1-13-4-6-17(9-14(13)2)28-12-21(27)29-11-20(26)23-10-19(25)24-18-7-5-16(22)8-15(18)3/h4-9H,10-12H2,1-3H3,(H,23,26)(H,24,25). The van der Waals surface area contributed by atoms with E-state index in [1.54, 1.807) is 18.2 Å². The van der Waals surface area contributed by atoms with Crippen molar-refractivity contribution in [3.63, 3.8) is 0 Å². The van der Waals surface area contributed by atoms with Gasteiger partial charge in [0.1, 0.15) is 5.75 Å². The molecule has 0 aliphatic carbocycles. The molecule has 0 spiro atoms. The van der Waals surface area contributed by atoms with Gasteiger partial charge in [-0.15, -0.1) is 0 Å². The minimum atomic E-state index is -0.673. The number of esters is 1. The molecule has 0 saturated carbocycles. The third-order valence-corrected chi connectivity index (χ3v) is 4.60. The van der Waals surface area contributed by atoms with Gasteiger partial charge in [0.25, 0.3) is 5.91 Å². The van der Waals surface area contributed by atoms with Crippen LogP contribution in [0.25, 0.3) is 0 Å². The number of amides is 2. The molecule has 0 aliphatic rings. The fourth-order valence-electron chi connectivity index (χ4n) is 2.33. The summed E-state index contributed by atoms with van der Waals surface area (Å²) >= 11 is 3.35. The second-order valence-corrected chi connectivity index (χ2v) is 7.40. The van der Waals surface area contributed by atoms with Gasteiger partial charge in [-0.2, -0.15) is 0 Å². The molecule has 29 heavy (non-hydrogen) atoms. The Kier molecular flexibility index (Phi) is 8.21. The first kappa shape index (κ1) is 22.4. The summed E-state index contributed by atoms with van der Waals surface area (Å²) in [5.74, 6) is -1.08. The summed E-state index contributed by atoms with van der Waals surface area (Å²) in [4.78, 5) is 35.4. The molecule has 0 bridgehead atoms. The van der Waals surface area contributed by atoms with Gasteiger partial charge in [-0.1, -0.05) is 22.0 Å². The highest BCUT2D eigenvalue weighted by atomic mass is 79.9. The van der Waals surface area contributed by atoms with E-state index >= 15 is 0 Å². The Bertz CT molecular complexity index is 914. The van der Waals surface area contributed by atoms with Crippen LogP contribution in [0.3, 0.4) is 0 Å². The van der Waals surface area contributed by atoms with E-state index in [1.165, 1.54) is 0 Å². The maximum Gasteiger partial charge on any atom is 0.344 e. The summed E-state index contributed by atoms with van der Waals surface area (Å²) in [5, 5.41) is 5.10. The van der Waals surface area contributed by atoms with Crippen molar-refractivity contribution in [3.8, 4) is 5.75 Å². The molecule has 154 valence electrons. The first-order valence-electron chi connectivity index (χ1n) is 8.93. The maximum atomic E-state index is 11.9. The molecule has 8 heteroatoms. The first-order valence-corrected chi connectivity index (χ1v) is 9.72. The van der Waals surface area contributed by atoms with Crippen molar-refractivity contribution in [2.24, 2.45) is 0 Å². The van der Waals surface area contributed by atoms with Crippen LogP contribution in [0.15, 0.2) is 40.9 Å². The monoisotopic (exact) mass is 462 g/mol. The zero-order valence-electron chi connectivity index (χ0n) is 16.5. The Hall–Kier alpha value is -2.87. The van der Waals surface area contributed by atoms with Gasteiger partial charge >= 0.3 is 5.97 Å². The van der Waals surface area contributed by atoms with E-state index in [2.05, 4.69) is 26.6 Å². The fourth-order valence-corrected chi connectivity index (χ4v) is 2.80. The summed E-state index contributed by atoms with van der Waals surface area (Å²) in [6.45, 7) is 4.76. The van der Waals surface area contributed by atoms with Crippen molar-refractivity contribution < 1.29 is 23.9 Å². The molecule has 0 radical (unpaired) electrons. The van der Waals surface area contributed by atoms with Crippen molar-refractivity contribution in [2.45, 2.75) is 20.8 Å². The second-order valence-electron chi connectivity index (χ2n) is 6.48. The number of anilines is 1. The van der Waals surface area contributed by atoms with Crippen LogP contribution < -0.4 is 15.4 Å². The molecule has 7 nitrogen and oxygen atoms in total. The van der Waals surface area contributed by atoms with Crippen LogP contribution in [0.1, 0.15) is 16.7 Å². The number of ether oxygens (including phenoxy) is 2. The van der Waals surface area contributed by atoms with E-state index in [0.717, 1.165) is 21.2 Å². The minimum absolute atomic E-state index is 0.231. The molecule has 2 aromatic carbocycles. The summed E-state index contributed by atoms with van der Waals surface area (Å²) < 4.78 is 11.1. The largest absolute Gasteiger partial charge is 0.482 e. The molecule has 2 aromatic rings. The quantitative estimate of drug-likeness (QED) is 0.587. The van der Waals surface area contributed by atoms with Crippen LogP contribution in [-0.4, -0.2) is 37.5 Å². The lowest BCUT2D eigenvalue weighted by molar-refractivity contribution is -0.150. The lowest BCUT2D eigenvalue weighted by atomic mass is 10.1. The first-order chi connectivity index (χ1) is 13.7. The highest BCUT2D eigenvalue weighted by Crippen LogP contribution is 2.19. The molecule has 0 saturated heterocycles. The molecule has 0 fully saturated rings. The van der Waals surface area contributed by atoms with Gasteiger partial charge in [0.15, 0.2) is 13.2 Å². The Morgan fingerprint density at radius 1 is 0.897 bits per heavy atom. The van der Waals surface area contributed by atoms with E-state index in [-0.39, 0.29) is 19.1 Å². The predicted molar refractivity (Wildman–Crippen MR) is 113 cm³/mol. The van der Waals surface area contributed by atoms with Crippen LogP contribution in [0.2, 0.25) is 0 Å². The topological polar surface area (TPSA) is 93.7 Å². The van der Waals surface area contributed by atoms with Gasteiger partial charge < -0.3 is 20.1 Å². The summed E-state index contributed by atoms with van der Waals surface area (Å²) in [7, 11) is 0. The zero-order chi connectivity index (χ0) is 21.4. The van der Waals surface area contributed by atoms with E-state index in [0.29, 0.717) is 11.4 Å². The number of hydrogen-bond acceptors (Lipinski definition) is 5. The van der Waals surface area contributed by atoms with Crippen molar-refractivity contribution >= 4 is 39.4 Å². The third-order valence-electron chi connectivity index (χ3n) is 4.11. The number of carbonyl (C=O) groups excluding carboxylic acids is 3. The Morgan fingerprint density at radius 3 is 2.34 bits per heavy atom. The van der Waals surface area contributed by atoms with Crippen LogP contribution in [0.4, 0.5) is 5.69 Å². The third kappa shape index (κ3) is 7.57. The van der Waals surface area contributed by atoms with Crippen LogP contribution in [0, 0.1) is 20.8 Å². The van der Waals surface area contributed by atoms with Crippen LogP contribution >= 0.6 is 15.9 Å². The van der Waals surface area contributed by atoms with Crippen molar-refractivity contribution in [1.82, 2.24) is 5.32 Å². The number of rotatable bonds is 8. The molecule has 2 rings (SSSR count). The Morgan fingerprint density at radius 2 is 1.66 bits per heavy atom. The number of carbonyl (C=O) groups is 3. The number of aryl methyl sites for hydroxylation is 3. The average Bonchev–Trinajstić information content (AvgIpc) is 2.67. The maximum absolute atomic E-state index is 11.9. The molecule has 0 heterocycles. The second kappa shape index (κ2) is 10.6. The van der Waals surface area contributed by atoms with Gasteiger partial charge in [0, 0.05) is 10.2 Å². The lowest BCUT2D eigenvalue weighted by Crippen LogP contribution is -2.36. The van der Waals surface area contributed by atoms with Gasteiger partial charge in [0.2, 0.25) is 5.91 Å². The van der Waals surface area contributed by atoms with E-state index in [4.69, 9.17) is 9.47 Å². The normalized spacial score (nSPS) is 10.2. The van der Waals surface area contributed by atoms with E-state index < -0.39 is 18.5 Å². The summed E-state index contributed by atoms with van der Waals surface area (Å²) in [6, 6.07) is 10.9. The Balaban J connectivity index is 1.67. The zero-order valence-corrected chi connectivity index (χ0v) is 18.1. The number of halogens is 1. The van der Waals surface area contributed by atoms with Crippen molar-refractivity contribution in [1.29, 1.82) is 0 Å². The summed E-state index contributed by atoms with van der Waals surface area (Å²) in [5.41, 5.74) is 3.71. The molecule has 2 amide bonds. The molecular formula is C21H23BrN2O5. The van der Waals surface area contributed by atoms with Crippen molar-refractivity contribution in [3.05, 3.63) is 57.6 Å². The summed E-state index contributed by atoms with van der Waals surface area (Å²) in [6.07, 6.45) is 0. The molecule has 2 N–H and O–H groups in total. The lowest BCUT2D eigenvalue weighted by Gasteiger charge is -2.10. The van der Waals surface area contributed by atoms with Gasteiger partial charge in [-0.25, -0.2) is 4.79 Å². The number of nitrogens with one attached hydrogen (secondary N) is 2. The highest BCUT2D eigenvalue weighted by molar-refractivity contribution is 9.10.